The fraction of sp³-hybridized carbons (Fsp3) is 0.391. The van der Waals surface area contributed by atoms with E-state index in [1.807, 2.05) is 42.5 Å². The predicted octanol–water partition coefficient (Wildman–Crippen LogP) is 1.79. The number of benzene rings is 1. The van der Waals surface area contributed by atoms with E-state index < -0.39 is 5.60 Å². The molecule has 7 heteroatoms. The van der Waals surface area contributed by atoms with Crippen LogP contribution in [0.3, 0.4) is 0 Å². The van der Waals surface area contributed by atoms with Crippen LogP contribution in [-0.4, -0.2) is 69.9 Å². The minimum Gasteiger partial charge on any atom is -0.380 e. The van der Waals surface area contributed by atoms with E-state index >= 15 is 0 Å². The van der Waals surface area contributed by atoms with Gasteiger partial charge < -0.3 is 14.9 Å². The van der Waals surface area contributed by atoms with Crippen LogP contribution in [0, 0.1) is 5.92 Å². The number of aliphatic hydroxyl groups is 1. The molecule has 154 valence electrons. The van der Waals surface area contributed by atoms with Crippen LogP contribution in [0.25, 0.3) is 0 Å². The molecule has 2 fully saturated rings. The summed E-state index contributed by atoms with van der Waals surface area (Å²) in [6.45, 7) is 1.88. The maximum Gasteiger partial charge on any atom is 0.254 e. The quantitative estimate of drug-likeness (QED) is 0.833. The molecule has 4 aliphatic rings. The van der Waals surface area contributed by atoms with Gasteiger partial charge in [0.05, 0.1) is 17.3 Å². The van der Waals surface area contributed by atoms with Crippen LogP contribution in [0.1, 0.15) is 35.2 Å². The number of amides is 2. The van der Waals surface area contributed by atoms with Gasteiger partial charge in [-0.3, -0.25) is 9.59 Å². The summed E-state index contributed by atoms with van der Waals surface area (Å²) in [4.78, 5) is 28.8. The second-order valence-corrected chi connectivity index (χ2v) is 8.28. The van der Waals surface area contributed by atoms with Gasteiger partial charge in [0.2, 0.25) is 0 Å². The highest BCUT2D eigenvalue weighted by molar-refractivity contribution is 6.22. The maximum atomic E-state index is 12.9. The van der Waals surface area contributed by atoms with E-state index in [1.54, 1.807) is 9.80 Å². The molecule has 1 saturated heterocycles. The summed E-state index contributed by atoms with van der Waals surface area (Å²) in [7, 11) is 0. The molecule has 1 saturated carbocycles. The van der Waals surface area contributed by atoms with E-state index in [-0.39, 0.29) is 17.7 Å². The van der Waals surface area contributed by atoms with E-state index in [0.29, 0.717) is 44.6 Å². The molecule has 0 spiro atoms. The molecular formula is C23H24N4O3. The Labute approximate surface area is 175 Å². The van der Waals surface area contributed by atoms with Crippen LogP contribution in [0.4, 0.5) is 0 Å². The molecule has 0 bridgehead atoms. The second kappa shape index (κ2) is 7.32. The fourth-order valence-corrected chi connectivity index (χ4v) is 4.37. The second-order valence-electron chi connectivity index (χ2n) is 8.28. The van der Waals surface area contributed by atoms with E-state index in [4.69, 9.17) is 0 Å². The molecule has 2 aliphatic heterocycles. The molecule has 1 atom stereocenters. The van der Waals surface area contributed by atoms with E-state index in [2.05, 4.69) is 16.3 Å². The van der Waals surface area contributed by atoms with Crippen LogP contribution < -0.4 is 0 Å². The minimum atomic E-state index is -1.17. The number of fused-ring (bicyclic) bond motifs is 1. The Bertz CT molecular complexity index is 994. The topological polar surface area (TPSA) is 85.6 Å². The third-order valence-corrected chi connectivity index (χ3v) is 6.43. The zero-order valence-electron chi connectivity index (χ0n) is 16.7. The van der Waals surface area contributed by atoms with Crippen molar-refractivity contribution in [1.82, 2.24) is 9.80 Å². The van der Waals surface area contributed by atoms with E-state index in [1.165, 1.54) is 0 Å². The molecule has 1 N–H and O–H groups in total. The summed E-state index contributed by atoms with van der Waals surface area (Å²) in [5.74, 6) is -0.148. The average Bonchev–Trinajstić information content (AvgIpc) is 3.21. The summed E-state index contributed by atoms with van der Waals surface area (Å²) in [5.41, 5.74) is 2.24. The Morgan fingerprint density at radius 2 is 1.67 bits per heavy atom. The van der Waals surface area contributed by atoms with Gasteiger partial charge in [0.1, 0.15) is 5.60 Å². The molecule has 7 nitrogen and oxygen atoms in total. The largest absolute Gasteiger partial charge is 0.380 e. The lowest BCUT2D eigenvalue weighted by atomic mass is 9.79. The number of hydrogen-bond acceptors (Lipinski definition) is 5. The van der Waals surface area contributed by atoms with Crippen molar-refractivity contribution in [2.24, 2.45) is 16.1 Å². The van der Waals surface area contributed by atoms with Crippen molar-refractivity contribution in [2.45, 2.75) is 24.9 Å². The monoisotopic (exact) mass is 404 g/mol. The number of allylic oxidation sites excluding steroid dienone is 4. The first-order chi connectivity index (χ1) is 14.5. The molecule has 30 heavy (non-hydrogen) atoms. The van der Waals surface area contributed by atoms with Crippen molar-refractivity contribution in [3.8, 4) is 0 Å². The summed E-state index contributed by atoms with van der Waals surface area (Å²) in [5, 5.41) is 18.8. The molecule has 0 aromatic heterocycles. The third-order valence-electron chi connectivity index (χ3n) is 6.43. The van der Waals surface area contributed by atoms with Gasteiger partial charge in [-0.05, 0) is 43.0 Å². The highest BCUT2D eigenvalue weighted by Gasteiger charge is 2.45. The van der Waals surface area contributed by atoms with Gasteiger partial charge in [-0.1, -0.05) is 30.4 Å². The van der Waals surface area contributed by atoms with Crippen molar-refractivity contribution in [3.05, 3.63) is 59.7 Å². The van der Waals surface area contributed by atoms with Crippen molar-refractivity contribution >= 4 is 23.2 Å². The molecule has 2 heterocycles. The SMILES string of the molecule is O=C(c1ccc(C2=NN=C3C=CC=CC32)cc1)N1CCN(C(=O)C2(O)CCC2)CC1. The lowest BCUT2D eigenvalue weighted by Gasteiger charge is -2.42. The lowest BCUT2D eigenvalue weighted by molar-refractivity contribution is -0.161. The van der Waals surface area contributed by atoms with E-state index in [0.717, 1.165) is 23.4 Å². The van der Waals surface area contributed by atoms with Gasteiger partial charge in [-0.25, -0.2) is 0 Å². The summed E-state index contributed by atoms with van der Waals surface area (Å²) in [6.07, 6.45) is 9.97. The van der Waals surface area contributed by atoms with Gasteiger partial charge in [-0.15, -0.1) is 0 Å². The molecule has 1 unspecified atom stereocenters. The summed E-state index contributed by atoms with van der Waals surface area (Å²) >= 11 is 0. The first-order valence-corrected chi connectivity index (χ1v) is 10.5. The number of hydrogen-bond donors (Lipinski definition) is 1. The number of rotatable bonds is 3. The maximum absolute atomic E-state index is 12.9. The number of nitrogens with zero attached hydrogens (tertiary/aromatic N) is 4. The van der Waals surface area contributed by atoms with Crippen LogP contribution >= 0.6 is 0 Å². The lowest BCUT2D eigenvalue weighted by Crippen LogP contribution is -2.58. The Hall–Kier alpha value is -3.06. The number of carbonyl (C=O) groups excluding carboxylic acids is 2. The van der Waals surface area contributed by atoms with Crippen molar-refractivity contribution in [3.63, 3.8) is 0 Å². The van der Waals surface area contributed by atoms with Gasteiger partial charge in [-0.2, -0.15) is 10.2 Å². The fourth-order valence-electron chi connectivity index (χ4n) is 4.37. The van der Waals surface area contributed by atoms with Gasteiger partial charge in [0, 0.05) is 31.7 Å². The van der Waals surface area contributed by atoms with Crippen LogP contribution in [0.15, 0.2) is 58.8 Å². The summed E-state index contributed by atoms with van der Waals surface area (Å²) < 4.78 is 0. The molecule has 2 aliphatic carbocycles. The van der Waals surface area contributed by atoms with Crippen molar-refractivity contribution in [1.29, 1.82) is 0 Å². The number of carbonyl (C=O) groups is 2. The Balaban J connectivity index is 1.21. The first kappa shape index (κ1) is 18.9. The highest BCUT2D eigenvalue weighted by Crippen LogP contribution is 2.33. The normalized spacial score (nSPS) is 24.1. The smallest absolute Gasteiger partial charge is 0.254 e. The minimum absolute atomic E-state index is 0.0400. The molecule has 2 amide bonds. The molecule has 0 radical (unpaired) electrons. The zero-order valence-corrected chi connectivity index (χ0v) is 16.7. The van der Waals surface area contributed by atoms with Crippen LogP contribution in [0.2, 0.25) is 0 Å². The van der Waals surface area contributed by atoms with Gasteiger partial charge >= 0.3 is 0 Å². The Morgan fingerprint density at radius 3 is 2.33 bits per heavy atom. The Kier molecular flexibility index (Phi) is 4.62. The van der Waals surface area contributed by atoms with Gasteiger partial charge in [0.15, 0.2) is 0 Å². The van der Waals surface area contributed by atoms with E-state index in [9.17, 15) is 14.7 Å². The van der Waals surface area contributed by atoms with Crippen LogP contribution in [-0.2, 0) is 4.79 Å². The predicted molar refractivity (Wildman–Crippen MR) is 113 cm³/mol. The van der Waals surface area contributed by atoms with Crippen molar-refractivity contribution < 1.29 is 14.7 Å². The zero-order chi connectivity index (χ0) is 20.7. The standard InChI is InChI=1S/C23H24N4O3/c28-21(26-12-14-27(15-13-26)22(29)23(30)10-3-11-23)17-8-6-16(7-9-17)20-18-4-1-2-5-19(18)24-25-20/h1-2,4-9,18,30H,3,10-15H2. The summed E-state index contributed by atoms with van der Waals surface area (Å²) in [6, 6.07) is 7.50. The molecule has 1 aromatic rings. The first-order valence-electron chi connectivity index (χ1n) is 10.5. The molecule has 5 rings (SSSR count). The van der Waals surface area contributed by atoms with Crippen LogP contribution in [0.5, 0.6) is 0 Å². The Morgan fingerprint density at radius 1 is 0.967 bits per heavy atom. The van der Waals surface area contributed by atoms with Gasteiger partial charge in [0.25, 0.3) is 11.8 Å². The number of piperazine rings is 1. The molecule has 1 aromatic carbocycles. The van der Waals surface area contributed by atoms with Crippen molar-refractivity contribution in [2.75, 3.05) is 26.2 Å². The highest BCUT2D eigenvalue weighted by atomic mass is 16.3. The average molecular weight is 404 g/mol. The molecular weight excluding hydrogens is 380 g/mol. The third kappa shape index (κ3) is 3.19.